The summed E-state index contributed by atoms with van der Waals surface area (Å²) >= 11 is 0. The summed E-state index contributed by atoms with van der Waals surface area (Å²) < 4.78 is 40.6. The van der Waals surface area contributed by atoms with Crippen molar-refractivity contribution in [3.05, 3.63) is 70.0 Å². The van der Waals surface area contributed by atoms with Gasteiger partial charge < -0.3 is 5.11 Å². The Morgan fingerprint density at radius 1 is 1.29 bits per heavy atom. The number of benzene rings is 1. The molecule has 0 spiro atoms. The van der Waals surface area contributed by atoms with Crippen molar-refractivity contribution in [3.63, 3.8) is 0 Å². The number of hydrogen-bond acceptors (Lipinski definition) is 6. The van der Waals surface area contributed by atoms with Crippen LogP contribution in [0.15, 0.2) is 53.9 Å². The molecular formula is C17H13F3N4O4. The number of nitrogens with zero attached hydrogens (tertiary/aromatic N) is 4. The molecule has 1 aromatic heterocycles. The van der Waals surface area contributed by atoms with Gasteiger partial charge in [0.25, 0.3) is 11.4 Å². The predicted octanol–water partition coefficient (Wildman–Crippen LogP) is 2.42. The molecule has 0 bridgehead atoms. The molecule has 1 aromatic carbocycles. The molecule has 2 heterocycles. The number of halogens is 3. The number of pyridine rings is 1. The summed E-state index contributed by atoms with van der Waals surface area (Å²) in [4.78, 5) is 26.3. The van der Waals surface area contributed by atoms with Gasteiger partial charge in [0.2, 0.25) is 5.91 Å². The van der Waals surface area contributed by atoms with Gasteiger partial charge in [-0.3, -0.25) is 19.9 Å². The normalized spacial score (nSPS) is 19.4. The lowest BCUT2D eigenvalue weighted by atomic mass is 10.0. The Morgan fingerprint density at radius 2 is 1.96 bits per heavy atom. The van der Waals surface area contributed by atoms with Gasteiger partial charge in [-0.2, -0.15) is 23.3 Å². The molecule has 0 radical (unpaired) electrons. The van der Waals surface area contributed by atoms with Crippen LogP contribution < -0.4 is 0 Å². The van der Waals surface area contributed by atoms with E-state index in [-0.39, 0.29) is 27.5 Å². The number of carbonyl (C=O) groups excluding carboxylic acids is 1. The fraction of sp³-hybridized carbons (Fsp3) is 0.235. The first kappa shape index (κ1) is 19.4. The first-order chi connectivity index (χ1) is 13.1. The van der Waals surface area contributed by atoms with Gasteiger partial charge in [0.05, 0.1) is 23.5 Å². The van der Waals surface area contributed by atoms with E-state index in [2.05, 4.69) is 10.1 Å². The van der Waals surface area contributed by atoms with E-state index in [0.29, 0.717) is 0 Å². The number of nitro groups is 1. The molecule has 1 amide bonds. The number of aromatic nitrogens is 1. The second kappa shape index (κ2) is 7.00. The quantitative estimate of drug-likeness (QED) is 0.633. The summed E-state index contributed by atoms with van der Waals surface area (Å²) in [5.41, 5.74) is -3.36. The molecule has 0 saturated carbocycles. The maximum Gasteiger partial charge on any atom is 0.438 e. The monoisotopic (exact) mass is 394 g/mol. The maximum absolute atomic E-state index is 13.5. The minimum Gasteiger partial charge on any atom is -0.362 e. The highest BCUT2D eigenvalue weighted by molar-refractivity contribution is 6.03. The number of alkyl halides is 3. The van der Waals surface area contributed by atoms with Crippen LogP contribution in [0.3, 0.4) is 0 Å². The third kappa shape index (κ3) is 3.56. The summed E-state index contributed by atoms with van der Waals surface area (Å²) in [6.07, 6.45) is -3.91. The summed E-state index contributed by atoms with van der Waals surface area (Å²) in [5, 5.41) is 24.6. The second-order valence-corrected chi connectivity index (χ2v) is 6.09. The van der Waals surface area contributed by atoms with E-state index >= 15 is 0 Å². The van der Waals surface area contributed by atoms with Crippen molar-refractivity contribution in [2.24, 2.45) is 5.10 Å². The zero-order valence-corrected chi connectivity index (χ0v) is 14.1. The number of non-ortho nitro benzene ring substituents is 1. The van der Waals surface area contributed by atoms with E-state index in [0.717, 1.165) is 12.1 Å². The lowest BCUT2D eigenvalue weighted by molar-refractivity contribution is -0.384. The Bertz CT molecular complexity index is 932. The topological polar surface area (TPSA) is 109 Å². The molecule has 0 fully saturated rings. The van der Waals surface area contributed by atoms with Gasteiger partial charge in [0.1, 0.15) is 0 Å². The summed E-state index contributed by atoms with van der Waals surface area (Å²) in [6.45, 7) is 0. The van der Waals surface area contributed by atoms with Crippen LogP contribution in [0.5, 0.6) is 0 Å². The lowest BCUT2D eigenvalue weighted by Crippen LogP contribution is -2.57. The molecule has 1 aliphatic heterocycles. The highest BCUT2D eigenvalue weighted by Gasteiger charge is 2.63. The number of hydrogen-bond donors (Lipinski definition) is 1. The number of rotatable bonds is 4. The van der Waals surface area contributed by atoms with Crippen LogP contribution in [0.25, 0.3) is 0 Å². The molecule has 3 rings (SSSR count). The fourth-order valence-corrected chi connectivity index (χ4v) is 2.71. The second-order valence-electron chi connectivity index (χ2n) is 6.09. The molecule has 1 aliphatic rings. The molecule has 1 N–H and O–H groups in total. The van der Waals surface area contributed by atoms with Crippen molar-refractivity contribution in [3.8, 4) is 0 Å². The summed E-state index contributed by atoms with van der Waals surface area (Å²) in [6, 6.07) is 7.73. The van der Waals surface area contributed by atoms with Crippen molar-refractivity contribution < 1.29 is 28.0 Å². The molecule has 146 valence electrons. The Labute approximate surface area is 156 Å². The van der Waals surface area contributed by atoms with Gasteiger partial charge in [-0.15, -0.1) is 0 Å². The van der Waals surface area contributed by atoms with Gasteiger partial charge >= 0.3 is 6.18 Å². The van der Waals surface area contributed by atoms with Crippen molar-refractivity contribution in [1.82, 2.24) is 9.99 Å². The van der Waals surface area contributed by atoms with E-state index < -0.39 is 35.6 Å². The Hall–Kier alpha value is -3.34. The average Bonchev–Trinajstić information content (AvgIpc) is 3.02. The number of hydrazone groups is 1. The van der Waals surface area contributed by atoms with Crippen molar-refractivity contribution >= 4 is 17.3 Å². The van der Waals surface area contributed by atoms with Gasteiger partial charge in [-0.25, -0.2) is 0 Å². The largest absolute Gasteiger partial charge is 0.438 e. The maximum atomic E-state index is 13.5. The SMILES string of the molecule is O=C(Cc1ccc([N+](=O)[O-])cc1)N1N=C(c2cccnc2)C[C@@]1(O)C(F)(F)F. The molecule has 0 saturated heterocycles. The van der Waals surface area contributed by atoms with Crippen molar-refractivity contribution in [2.45, 2.75) is 24.7 Å². The molecule has 1 atom stereocenters. The Morgan fingerprint density at radius 3 is 2.50 bits per heavy atom. The van der Waals surface area contributed by atoms with E-state index in [1.165, 1.54) is 36.7 Å². The van der Waals surface area contributed by atoms with Crippen LogP contribution in [0.1, 0.15) is 17.5 Å². The predicted molar refractivity (Wildman–Crippen MR) is 90.0 cm³/mol. The molecule has 8 nitrogen and oxygen atoms in total. The third-order valence-corrected chi connectivity index (χ3v) is 4.17. The van der Waals surface area contributed by atoms with Crippen LogP contribution in [0.4, 0.5) is 18.9 Å². The van der Waals surface area contributed by atoms with Crippen molar-refractivity contribution in [2.75, 3.05) is 0 Å². The zero-order chi connectivity index (χ0) is 20.5. The smallest absolute Gasteiger partial charge is 0.362 e. The van der Waals surface area contributed by atoms with E-state index in [4.69, 9.17) is 0 Å². The average molecular weight is 394 g/mol. The molecular weight excluding hydrogens is 381 g/mol. The van der Waals surface area contributed by atoms with E-state index in [1.54, 1.807) is 0 Å². The fourth-order valence-electron chi connectivity index (χ4n) is 2.71. The zero-order valence-electron chi connectivity index (χ0n) is 14.1. The van der Waals surface area contributed by atoms with Crippen LogP contribution in [-0.4, -0.2) is 43.5 Å². The summed E-state index contributed by atoms with van der Waals surface area (Å²) in [5.74, 6) is -1.10. The van der Waals surface area contributed by atoms with Gasteiger partial charge in [-0.1, -0.05) is 18.2 Å². The number of aliphatic hydroxyl groups is 1. The molecule has 2 aromatic rings. The third-order valence-electron chi connectivity index (χ3n) is 4.17. The first-order valence-electron chi connectivity index (χ1n) is 7.95. The molecule has 11 heteroatoms. The molecule has 0 aliphatic carbocycles. The minimum absolute atomic E-state index is 0.0245. The summed E-state index contributed by atoms with van der Waals surface area (Å²) in [7, 11) is 0. The molecule has 0 unspecified atom stereocenters. The van der Waals surface area contributed by atoms with Crippen LogP contribution in [-0.2, 0) is 11.2 Å². The Kier molecular flexibility index (Phi) is 4.86. The molecule has 28 heavy (non-hydrogen) atoms. The number of amides is 1. The van der Waals surface area contributed by atoms with Crippen LogP contribution in [0.2, 0.25) is 0 Å². The van der Waals surface area contributed by atoms with Gasteiger partial charge in [0.15, 0.2) is 0 Å². The van der Waals surface area contributed by atoms with Crippen LogP contribution >= 0.6 is 0 Å². The number of nitro benzene ring substituents is 1. The highest BCUT2D eigenvalue weighted by Crippen LogP contribution is 2.41. The van der Waals surface area contributed by atoms with E-state index in [9.17, 15) is 33.2 Å². The van der Waals surface area contributed by atoms with E-state index in [1.807, 2.05) is 0 Å². The van der Waals surface area contributed by atoms with Crippen LogP contribution in [0, 0.1) is 10.1 Å². The van der Waals surface area contributed by atoms with Crippen molar-refractivity contribution in [1.29, 1.82) is 0 Å². The van der Waals surface area contributed by atoms with Gasteiger partial charge in [-0.05, 0) is 11.6 Å². The Balaban J connectivity index is 1.90. The number of carbonyl (C=O) groups is 1. The standard InChI is InChI=1S/C17H13F3N4O4/c18-17(19,20)16(26)9-14(12-2-1-7-21-10-12)22-23(16)15(25)8-11-3-5-13(6-4-11)24(27)28/h1-7,10,26H,8-9H2/t16-/m1/s1. The highest BCUT2D eigenvalue weighted by atomic mass is 19.4. The minimum atomic E-state index is -5.15. The van der Waals surface area contributed by atoms with Gasteiger partial charge in [0, 0.05) is 30.1 Å². The first-order valence-corrected chi connectivity index (χ1v) is 7.95. The lowest BCUT2D eigenvalue weighted by Gasteiger charge is -2.32.